The van der Waals surface area contributed by atoms with Gasteiger partial charge in [0.2, 0.25) is 0 Å². The van der Waals surface area contributed by atoms with E-state index in [9.17, 15) is 18.8 Å². The summed E-state index contributed by atoms with van der Waals surface area (Å²) in [6.07, 6.45) is 9.67. The highest BCUT2D eigenvalue weighted by molar-refractivity contribution is 7.99. The fourth-order valence-electron chi connectivity index (χ4n) is 5.97. The molecule has 0 radical (unpaired) electrons. The molecule has 0 bridgehead atoms. The zero-order chi connectivity index (χ0) is 28.8. The number of nitrogens with one attached hydrogen (secondary N) is 1. The number of halogens is 1. The van der Waals surface area contributed by atoms with Crippen LogP contribution in [0.5, 0.6) is 5.75 Å². The first-order valence-electron chi connectivity index (χ1n) is 14.9. The predicted molar refractivity (Wildman–Crippen MR) is 161 cm³/mol. The first-order valence-corrected chi connectivity index (χ1v) is 16.1. The van der Waals surface area contributed by atoms with Crippen molar-refractivity contribution in [3.05, 3.63) is 68.7 Å². The number of benzene rings is 1. The van der Waals surface area contributed by atoms with E-state index < -0.39 is 11.4 Å². The summed E-state index contributed by atoms with van der Waals surface area (Å²) in [5.74, 6) is 1.87. The number of nitrogens with zero attached hydrogens (tertiary/aromatic N) is 3. The Bertz CT molecular complexity index is 1460. The van der Waals surface area contributed by atoms with Gasteiger partial charge in [0, 0.05) is 23.7 Å². The Hall–Kier alpha value is -3.14. The molecule has 3 heterocycles. The van der Waals surface area contributed by atoms with Crippen molar-refractivity contribution in [1.29, 1.82) is 0 Å². The van der Waals surface area contributed by atoms with Crippen molar-refractivity contribution in [3.8, 4) is 5.75 Å². The van der Waals surface area contributed by atoms with Crippen LogP contribution < -0.4 is 21.3 Å². The number of hydrogen-bond acceptors (Lipinski definition) is 6. The number of fused-ring (bicyclic) bond motifs is 1. The van der Waals surface area contributed by atoms with Gasteiger partial charge >= 0.3 is 5.69 Å². The van der Waals surface area contributed by atoms with Gasteiger partial charge in [-0.3, -0.25) is 18.7 Å². The number of amides is 1. The first kappa shape index (κ1) is 29.4. The van der Waals surface area contributed by atoms with Crippen LogP contribution in [0.3, 0.4) is 0 Å². The van der Waals surface area contributed by atoms with Crippen LogP contribution in [0.1, 0.15) is 93.6 Å². The van der Waals surface area contributed by atoms with Crippen molar-refractivity contribution >= 4 is 28.7 Å². The van der Waals surface area contributed by atoms with Crippen LogP contribution in [-0.2, 0) is 0 Å². The average Bonchev–Trinajstić information content (AvgIpc) is 2.99. The van der Waals surface area contributed by atoms with Gasteiger partial charge in [0.25, 0.3) is 11.5 Å². The Morgan fingerprint density at radius 1 is 1.00 bits per heavy atom. The summed E-state index contributed by atoms with van der Waals surface area (Å²) in [6, 6.07) is 7.96. The van der Waals surface area contributed by atoms with Crippen molar-refractivity contribution in [3.63, 3.8) is 0 Å². The maximum atomic E-state index is 14.1. The fraction of sp³-hybridized carbons (Fsp3) is 0.548. The molecule has 2 aromatic heterocycles. The van der Waals surface area contributed by atoms with Crippen molar-refractivity contribution in [1.82, 2.24) is 19.4 Å². The molecule has 0 unspecified atom stereocenters. The number of hydrogen-bond donors (Lipinski definition) is 1. The van der Waals surface area contributed by atoms with Gasteiger partial charge in [0.05, 0.1) is 18.2 Å². The Labute approximate surface area is 243 Å². The molecule has 2 aliphatic rings. The minimum atomic E-state index is -0.594. The zero-order valence-electron chi connectivity index (χ0n) is 23.6. The van der Waals surface area contributed by atoms with E-state index in [0.717, 1.165) is 49.1 Å². The molecule has 0 spiro atoms. The van der Waals surface area contributed by atoms with Gasteiger partial charge < -0.3 is 10.1 Å². The highest BCUT2D eigenvalue weighted by Gasteiger charge is 2.29. The molecular formula is C31H39FN4O4S. The van der Waals surface area contributed by atoms with E-state index in [-0.39, 0.29) is 40.8 Å². The maximum Gasteiger partial charge on any atom is 0.333 e. The van der Waals surface area contributed by atoms with E-state index in [1.807, 2.05) is 23.9 Å². The largest absolute Gasteiger partial charge is 0.494 e. The lowest BCUT2D eigenvalue weighted by Crippen LogP contribution is -2.46. The monoisotopic (exact) mass is 582 g/mol. The number of carbonyl (C=O) groups is 1. The Kier molecular flexibility index (Phi) is 9.80. The topological polar surface area (TPSA) is 95.2 Å². The van der Waals surface area contributed by atoms with E-state index in [4.69, 9.17) is 4.74 Å². The third-order valence-corrected chi connectivity index (χ3v) is 9.31. The van der Waals surface area contributed by atoms with Gasteiger partial charge in [-0.05, 0) is 86.8 Å². The van der Waals surface area contributed by atoms with Crippen LogP contribution in [0.4, 0.5) is 4.39 Å². The van der Waals surface area contributed by atoms with Gasteiger partial charge in [-0.25, -0.2) is 14.2 Å². The smallest absolute Gasteiger partial charge is 0.333 e. The average molecular weight is 583 g/mol. The number of pyridine rings is 1. The number of carbonyl (C=O) groups excluding carboxylic acids is 1. The van der Waals surface area contributed by atoms with E-state index in [2.05, 4.69) is 17.2 Å². The molecule has 1 aliphatic heterocycles. The number of unbranched alkanes of at least 4 members (excludes halogenated alkanes) is 3. The summed E-state index contributed by atoms with van der Waals surface area (Å²) >= 11 is 1.85. The molecular weight excluding hydrogens is 543 g/mol. The van der Waals surface area contributed by atoms with E-state index >= 15 is 0 Å². The predicted octanol–water partition coefficient (Wildman–Crippen LogP) is 5.64. The van der Waals surface area contributed by atoms with Crippen molar-refractivity contribution in [2.24, 2.45) is 0 Å². The molecule has 5 rings (SSSR count). The number of aromatic nitrogens is 3. The van der Waals surface area contributed by atoms with Crippen LogP contribution in [0.25, 0.3) is 11.0 Å². The van der Waals surface area contributed by atoms with Crippen molar-refractivity contribution in [2.75, 3.05) is 18.1 Å². The maximum absolute atomic E-state index is 14.1. The summed E-state index contributed by atoms with van der Waals surface area (Å²) in [6.45, 7) is 2.85. The summed E-state index contributed by atoms with van der Waals surface area (Å²) in [5.41, 5.74) is -0.0140. The molecule has 8 nitrogen and oxygen atoms in total. The van der Waals surface area contributed by atoms with Crippen LogP contribution >= 0.6 is 11.8 Å². The number of ether oxygens (including phenoxy) is 1. The summed E-state index contributed by atoms with van der Waals surface area (Å²) in [7, 11) is 0. The lowest BCUT2D eigenvalue weighted by Gasteiger charge is -2.31. The highest BCUT2D eigenvalue weighted by atomic mass is 32.2. The molecule has 220 valence electrons. The lowest BCUT2D eigenvalue weighted by molar-refractivity contribution is 0.0921. The van der Waals surface area contributed by atoms with Gasteiger partial charge in [-0.15, -0.1) is 0 Å². The zero-order valence-corrected chi connectivity index (χ0v) is 24.5. The second-order valence-electron chi connectivity index (χ2n) is 11.1. The third kappa shape index (κ3) is 6.85. The highest BCUT2D eigenvalue weighted by Crippen LogP contribution is 2.30. The molecule has 1 aromatic carbocycles. The quantitative estimate of drug-likeness (QED) is 0.311. The molecule has 41 heavy (non-hydrogen) atoms. The van der Waals surface area contributed by atoms with Crippen LogP contribution in [0.15, 0.2) is 46.1 Å². The van der Waals surface area contributed by atoms with E-state index in [0.29, 0.717) is 37.9 Å². The molecule has 10 heteroatoms. The fourth-order valence-corrected chi connectivity index (χ4v) is 7.05. The summed E-state index contributed by atoms with van der Waals surface area (Å²) < 4.78 is 22.9. The second-order valence-corrected chi connectivity index (χ2v) is 12.3. The van der Waals surface area contributed by atoms with Crippen molar-refractivity contribution < 1.29 is 13.9 Å². The normalized spacial score (nSPS) is 19.8. The molecule has 3 aromatic rings. The Morgan fingerprint density at radius 2 is 1.71 bits per heavy atom. The van der Waals surface area contributed by atoms with Gasteiger partial charge in [0.15, 0.2) is 0 Å². The molecule has 1 aliphatic carbocycles. The molecule has 1 saturated carbocycles. The molecule has 1 N–H and O–H groups in total. The van der Waals surface area contributed by atoms with Gasteiger partial charge in [0.1, 0.15) is 17.2 Å². The van der Waals surface area contributed by atoms with Crippen LogP contribution in [-0.4, -0.2) is 44.2 Å². The number of rotatable bonds is 10. The SMILES string of the molecule is CCCCCCOc1ccc(C(=O)N[C@H]2CC[C@@H](n3c(=O)c4cc(F)cnc4n(C4CCSCC4)c3=O)CC2)cc1. The minimum Gasteiger partial charge on any atom is -0.494 e. The Balaban J connectivity index is 1.25. The standard InChI is InChI=1S/C31H39FN4O4S/c1-2-3-4-5-16-40-26-12-6-21(7-13-26)29(37)34-23-8-10-24(11-9-23)36-30(38)27-19-22(32)20-33-28(27)35(31(36)39)25-14-17-41-18-15-25/h6-7,12-13,19-20,23-25H,2-5,8-11,14-18H2,1H3,(H,34,37)/t23-,24+. The van der Waals surface area contributed by atoms with Crippen LogP contribution in [0, 0.1) is 5.82 Å². The van der Waals surface area contributed by atoms with Gasteiger partial charge in [-0.2, -0.15) is 11.8 Å². The second kappa shape index (κ2) is 13.7. The molecule has 0 atom stereocenters. The van der Waals surface area contributed by atoms with E-state index in [1.54, 1.807) is 16.7 Å². The third-order valence-electron chi connectivity index (χ3n) is 8.26. The lowest BCUT2D eigenvalue weighted by atomic mass is 9.90. The first-order chi connectivity index (χ1) is 20.0. The van der Waals surface area contributed by atoms with Crippen LogP contribution in [0.2, 0.25) is 0 Å². The van der Waals surface area contributed by atoms with Gasteiger partial charge in [-0.1, -0.05) is 26.2 Å². The number of thioether (sulfide) groups is 1. The van der Waals surface area contributed by atoms with Crippen molar-refractivity contribution in [2.45, 2.75) is 89.3 Å². The summed E-state index contributed by atoms with van der Waals surface area (Å²) in [4.78, 5) is 44.3. The molecule has 2 fully saturated rings. The minimum absolute atomic E-state index is 0.0545. The summed E-state index contributed by atoms with van der Waals surface area (Å²) in [5, 5.41) is 3.26. The Morgan fingerprint density at radius 3 is 2.41 bits per heavy atom. The molecule has 1 saturated heterocycles. The molecule has 1 amide bonds. The van der Waals surface area contributed by atoms with E-state index in [1.165, 1.54) is 23.5 Å².